The van der Waals surface area contributed by atoms with E-state index in [1.54, 1.807) is 0 Å². The van der Waals surface area contributed by atoms with Gasteiger partial charge in [-0.1, -0.05) is 6.07 Å². The molecule has 0 N–H and O–H groups in total. The number of hydrogen-bond donors (Lipinski definition) is 0. The molecule has 0 bridgehead atoms. The zero-order chi connectivity index (χ0) is 14.8. The first-order valence-electron chi connectivity index (χ1n) is 8.04. The Labute approximate surface area is 130 Å². The van der Waals surface area contributed by atoms with Crippen molar-refractivity contribution in [3.8, 4) is 0 Å². The van der Waals surface area contributed by atoms with Crippen molar-refractivity contribution >= 4 is 0 Å². The SMILES string of the molecule is c1ccc(Cn2cc3c(n2)C(COCC2CC2)OCC3)nc1. The van der Waals surface area contributed by atoms with Crippen LogP contribution < -0.4 is 0 Å². The van der Waals surface area contributed by atoms with E-state index in [9.17, 15) is 0 Å². The lowest BCUT2D eigenvalue weighted by molar-refractivity contribution is -0.0295. The van der Waals surface area contributed by atoms with Gasteiger partial charge in [0.15, 0.2) is 0 Å². The van der Waals surface area contributed by atoms with Crippen molar-refractivity contribution in [1.82, 2.24) is 14.8 Å². The predicted octanol–water partition coefficient (Wildman–Crippen LogP) is 2.37. The van der Waals surface area contributed by atoms with E-state index < -0.39 is 0 Å². The van der Waals surface area contributed by atoms with Crippen LogP contribution in [0.3, 0.4) is 0 Å². The maximum atomic E-state index is 5.85. The van der Waals surface area contributed by atoms with Crippen LogP contribution >= 0.6 is 0 Å². The van der Waals surface area contributed by atoms with E-state index in [-0.39, 0.29) is 6.10 Å². The highest BCUT2D eigenvalue weighted by atomic mass is 16.5. The Morgan fingerprint density at radius 1 is 1.27 bits per heavy atom. The fourth-order valence-electron chi connectivity index (χ4n) is 2.82. The third-order valence-corrected chi connectivity index (χ3v) is 4.24. The molecule has 2 aromatic rings. The second kappa shape index (κ2) is 6.18. The number of fused-ring (bicyclic) bond motifs is 1. The fraction of sp³-hybridized carbons (Fsp3) is 0.529. The van der Waals surface area contributed by atoms with Crippen molar-refractivity contribution < 1.29 is 9.47 Å². The molecule has 1 atom stereocenters. The highest BCUT2D eigenvalue weighted by molar-refractivity contribution is 5.22. The minimum atomic E-state index is -0.0208. The Hall–Kier alpha value is -1.72. The van der Waals surface area contributed by atoms with Crippen LogP contribution in [-0.2, 0) is 22.4 Å². The van der Waals surface area contributed by atoms with Gasteiger partial charge < -0.3 is 9.47 Å². The van der Waals surface area contributed by atoms with E-state index in [1.165, 1.54) is 18.4 Å². The molecular formula is C17H21N3O2. The van der Waals surface area contributed by atoms with Crippen LogP contribution in [0.2, 0.25) is 0 Å². The summed E-state index contributed by atoms with van der Waals surface area (Å²) in [5.74, 6) is 0.782. The molecule has 0 saturated heterocycles. The van der Waals surface area contributed by atoms with E-state index in [4.69, 9.17) is 14.6 Å². The molecule has 0 spiro atoms. The average Bonchev–Trinajstić information content (AvgIpc) is 3.27. The Morgan fingerprint density at radius 2 is 2.23 bits per heavy atom. The minimum Gasteiger partial charge on any atom is -0.378 e. The second-order valence-electron chi connectivity index (χ2n) is 6.15. The third-order valence-electron chi connectivity index (χ3n) is 4.24. The summed E-state index contributed by atoms with van der Waals surface area (Å²) in [5.41, 5.74) is 3.34. The van der Waals surface area contributed by atoms with E-state index in [2.05, 4.69) is 11.2 Å². The quantitative estimate of drug-likeness (QED) is 0.821. The summed E-state index contributed by atoms with van der Waals surface area (Å²) in [6.07, 6.45) is 7.48. The monoisotopic (exact) mass is 299 g/mol. The Balaban J connectivity index is 1.44. The molecule has 1 aliphatic heterocycles. The zero-order valence-corrected chi connectivity index (χ0v) is 12.6. The van der Waals surface area contributed by atoms with Gasteiger partial charge in [-0.3, -0.25) is 9.67 Å². The number of aromatic nitrogens is 3. The molecule has 1 unspecified atom stereocenters. The molecule has 22 heavy (non-hydrogen) atoms. The number of nitrogens with zero attached hydrogens (tertiary/aromatic N) is 3. The van der Waals surface area contributed by atoms with Crippen molar-refractivity contribution in [1.29, 1.82) is 0 Å². The van der Waals surface area contributed by atoms with Crippen LogP contribution in [0, 0.1) is 5.92 Å². The van der Waals surface area contributed by atoms with Crippen molar-refractivity contribution in [2.75, 3.05) is 19.8 Å². The van der Waals surface area contributed by atoms with E-state index in [0.717, 1.165) is 36.9 Å². The molecule has 3 heterocycles. The van der Waals surface area contributed by atoms with Gasteiger partial charge in [0.2, 0.25) is 0 Å². The van der Waals surface area contributed by atoms with Crippen LogP contribution in [-0.4, -0.2) is 34.6 Å². The minimum absolute atomic E-state index is 0.0208. The first kappa shape index (κ1) is 13.9. The largest absolute Gasteiger partial charge is 0.378 e. The van der Waals surface area contributed by atoms with Crippen LogP contribution in [0.15, 0.2) is 30.6 Å². The van der Waals surface area contributed by atoms with Gasteiger partial charge in [-0.25, -0.2) is 0 Å². The van der Waals surface area contributed by atoms with Gasteiger partial charge >= 0.3 is 0 Å². The molecule has 2 aromatic heterocycles. The summed E-state index contributed by atoms with van der Waals surface area (Å²) >= 11 is 0. The lowest BCUT2D eigenvalue weighted by Crippen LogP contribution is -2.20. The number of rotatable bonds is 6. The van der Waals surface area contributed by atoms with E-state index >= 15 is 0 Å². The van der Waals surface area contributed by atoms with E-state index in [1.807, 2.05) is 29.1 Å². The first-order chi connectivity index (χ1) is 10.9. The smallest absolute Gasteiger partial charge is 0.125 e. The molecule has 116 valence electrons. The topological polar surface area (TPSA) is 49.2 Å². The molecule has 1 aliphatic carbocycles. The molecule has 4 rings (SSSR count). The van der Waals surface area contributed by atoms with Crippen LogP contribution in [0.25, 0.3) is 0 Å². The van der Waals surface area contributed by atoms with Crippen molar-refractivity contribution in [3.05, 3.63) is 47.5 Å². The van der Waals surface area contributed by atoms with Crippen molar-refractivity contribution in [2.24, 2.45) is 5.92 Å². The van der Waals surface area contributed by atoms with Crippen LogP contribution in [0.1, 0.15) is 35.9 Å². The van der Waals surface area contributed by atoms with Gasteiger partial charge in [0.05, 0.1) is 31.1 Å². The summed E-state index contributed by atoms with van der Waals surface area (Å²) in [4.78, 5) is 4.36. The summed E-state index contributed by atoms with van der Waals surface area (Å²) < 4.78 is 13.6. The Kier molecular flexibility index (Phi) is 3.91. The van der Waals surface area contributed by atoms with Gasteiger partial charge in [0, 0.05) is 19.0 Å². The van der Waals surface area contributed by atoms with Crippen molar-refractivity contribution in [2.45, 2.75) is 31.9 Å². The van der Waals surface area contributed by atoms with Gasteiger partial charge in [-0.15, -0.1) is 0 Å². The molecule has 0 amide bonds. The van der Waals surface area contributed by atoms with Crippen molar-refractivity contribution in [3.63, 3.8) is 0 Å². The predicted molar refractivity (Wildman–Crippen MR) is 81.5 cm³/mol. The summed E-state index contributed by atoms with van der Waals surface area (Å²) in [6, 6.07) is 5.95. The molecule has 0 radical (unpaired) electrons. The highest BCUT2D eigenvalue weighted by Gasteiger charge is 2.27. The third kappa shape index (κ3) is 3.20. The Bertz CT molecular complexity index is 622. The molecule has 5 heteroatoms. The summed E-state index contributed by atoms with van der Waals surface area (Å²) in [7, 11) is 0. The number of ether oxygens (including phenoxy) is 2. The molecule has 1 saturated carbocycles. The molecule has 1 fully saturated rings. The van der Waals surface area contributed by atoms with E-state index in [0.29, 0.717) is 13.2 Å². The van der Waals surface area contributed by atoms with Gasteiger partial charge in [-0.2, -0.15) is 5.10 Å². The Morgan fingerprint density at radius 3 is 3.05 bits per heavy atom. The number of hydrogen-bond acceptors (Lipinski definition) is 4. The average molecular weight is 299 g/mol. The first-order valence-corrected chi connectivity index (χ1v) is 8.04. The lowest BCUT2D eigenvalue weighted by Gasteiger charge is -2.21. The maximum absolute atomic E-state index is 5.85. The second-order valence-corrected chi connectivity index (χ2v) is 6.15. The van der Waals surface area contributed by atoms with Gasteiger partial charge in [0.1, 0.15) is 6.10 Å². The maximum Gasteiger partial charge on any atom is 0.125 e. The zero-order valence-electron chi connectivity index (χ0n) is 12.6. The molecule has 2 aliphatic rings. The molecular weight excluding hydrogens is 278 g/mol. The number of pyridine rings is 1. The normalized spacial score (nSPS) is 20.8. The molecule has 0 aromatic carbocycles. The summed E-state index contributed by atoms with van der Waals surface area (Å²) in [5, 5.41) is 4.71. The molecule has 5 nitrogen and oxygen atoms in total. The van der Waals surface area contributed by atoms with Crippen LogP contribution in [0.5, 0.6) is 0 Å². The standard InChI is InChI=1S/C17H21N3O2/c1-2-7-18-15(3-1)10-20-9-14-6-8-22-16(17(14)19-20)12-21-11-13-4-5-13/h1-3,7,9,13,16H,4-6,8,10-12H2. The summed E-state index contributed by atoms with van der Waals surface area (Å²) in [6.45, 7) is 2.93. The fourth-order valence-corrected chi connectivity index (χ4v) is 2.82. The van der Waals surface area contributed by atoms with Crippen LogP contribution in [0.4, 0.5) is 0 Å². The van der Waals surface area contributed by atoms with Gasteiger partial charge in [0.25, 0.3) is 0 Å². The lowest BCUT2D eigenvalue weighted by atomic mass is 10.1. The highest BCUT2D eigenvalue weighted by Crippen LogP contribution is 2.30. The van der Waals surface area contributed by atoms with Gasteiger partial charge in [-0.05, 0) is 42.9 Å².